The van der Waals surface area contributed by atoms with E-state index in [-0.39, 0.29) is 17.3 Å². The van der Waals surface area contributed by atoms with Crippen LogP contribution in [0, 0.1) is 5.82 Å². The first-order chi connectivity index (χ1) is 15.5. The van der Waals surface area contributed by atoms with Gasteiger partial charge in [-0.05, 0) is 77.4 Å². The maximum atomic E-state index is 13.4. The number of halogens is 1. The first-order valence-electron chi connectivity index (χ1n) is 10.6. The van der Waals surface area contributed by atoms with Crippen LogP contribution < -0.4 is 10.1 Å². The third kappa shape index (κ3) is 3.51. The van der Waals surface area contributed by atoms with Crippen LogP contribution in [0.3, 0.4) is 0 Å². The SMILES string of the molecule is CNC(=O)C1c2cc(-c3cc(C(=O)O)ccc3C3CC3)ccc2OC1c1ccc(F)cc1. The van der Waals surface area contributed by atoms with Crippen molar-refractivity contribution in [2.75, 3.05) is 7.05 Å². The van der Waals surface area contributed by atoms with Crippen molar-refractivity contribution in [3.05, 3.63) is 88.7 Å². The van der Waals surface area contributed by atoms with E-state index in [1.54, 1.807) is 31.3 Å². The molecule has 2 unspecified atom stereocenters. The number of likely N-dealkylation sites (N-methyl/N-ethyl adjacent to an activating group) is 1. The van der Waals surface area contributed by atoms with E-state index >= 15 is 0 Å². The van der Waals surface area contributed by atoms with Gasteiger partial charge in [-0.2, -0.15) is 0 Å². The molecule has 2 N–H and O–H groups in total. The van der Waals surface area contributed by atoms with Crippen LogP contribution in [0.25, 0.3) is 11.1 Å². The van der Waals surface area contributed by atoms with Crippen molar-refractivity contribution in [3.8, 4) is 16.9 Å². The van der Waals surface area contributed by atoms with Crippen molar-refractivity contribution in [2.24, 2.45) is 0 Å². The Morgan fingerprint density at radius 3 is 2.41 bits per heavy atom. The van der Waals surface area contributed by atoms with E-state index in [4.69, 9.17) is 4.74 Å². The number of hydrogen-bond donors (Lipinski definition) is 2. The van der Waals surface area contributed by atoms with Gasteiger partial charge >= 0.3 is 5.97 Å². The molecule has 1 amide bonds. The molecule has 2 aliphatic rings. The molecule has 0 radical (unpaired) electrons. The van der Waals surface area contributed by atoms with Crippen molar-refractivity contribution in [1.82, 2.24) is 5.32 Å². The Kier molecular flexibility index (Phi) is 4.93. The topological polar surface area (TPSA) is 75.6 Å². The van der Waals surface area contributed by atoms with E-state index in [1.165, 1.54) is 12.1 Å². The van der Waals surface area contributed by atoms with Crippen molar-refractivity contribution in [1.29, 1.82) is 0 Å². The summed E-state index contributed by atoms with van der Waals surface area (Å²) in [6.07, 6.45) is 1.59. The smallest absolute Gasteiger partial charge is 0.335 e. The Balaban J connectivity index is 1.60. The molecular formula is C26H22FNO4. The van der Waals surface area contributed by atoms with Gasteiger partial charge in [0.25, 0.3) is 0 Å². The summed E-state index contributed by atoms with van der Waals surface area (Å²) < 4.78 is 19.6. The summed E-state index contributed by atoms with van der Waals surface area (Å²) in [6.45, 7) is 0. The highest BCUT2D eigenvalue weighted by atomic mass is 19.1. The summed E-state index contributed by atoms with van der Waals surface area (Å²) >= 11 is 0. The molecule has 162 valence electrons. The summed E-state index contributed by atoms with van der Waals surface area (Å²) in [7, 11) is 1.58. The average Bonchev–Trinajstić information content (AvgIpc) is 3.58. The van der Waals surface area contributed by atoms with Gasteiger partial charge in [-0.3, -0.25) is 4.79 Å². The zero-order chi connectivity index (χ0) is 22.4. The zero-order valence-corrected chi connectivity index (χ0v) is 17.5. The Labute approximate surface area is 184 Å². The number of carboxylic acid groups (broad SMARTS) is 1. The van der Waals surface area contributed by atoms with Crippen LogP contribution in [0.5, 0.6) is 5.75 Å². The lowest BCUT2D eigenvalue weighted by Crippen LogP contribution is -2.28. The highest BCUT2D eigenvalue weighted by Crippen LogP contribution is 2.49. The Morgan fingerprint density at radius 1 is 1.00 bits per heavy atom. The normalized spacial score (nSPS) is 19.2. The molecule has 1 fully saturated rings. The summed E-state index contributed by atoms with van der Waals surface area (Å²) in [4.78, 5) is 24.4. The van der Waals surface area contributed by atoms with Gasteiger partial charge in [0.2, 0.25) is 5.91 Å². The molecule has 1 saturated carbocycles. The van der Waals surface area contributed by atoms with E-state index in [1.807, 2.05) is 24.3 Å². The van der Waals surface area contributed by atoms with Gasteiger partial charge in [-0.1, -0.05) is 24.3 Å². The predicted octanol–water partition coefficient (Wildman–Crippen LogP) is 5.03. The van der Waals surface area contributed by atoms with Gasteiger partial charge in [0.15, 0.2) is 0 Å². The Morgan fingerprint density at radius 2 is 1.75 bits per heavy atom. The molecule has 0 aromatic heterocycles. The molecule has 6 heteroatoms. The largest absolute Gasteiger partial charge is 0.484 e. The molecule has 32 heavy (non-hydrogen) atoms. The van der Waals surface area contributed by atoms with Gasteiger partial charge in [-0.15, -0.1) is 0 Å². The number of rotatable bonds is 5. The summed E-state index contributed by atoms with van der Waals surface area (Å²) in [5.41, 5.74) is 4.53. The maximum Gasteiger partial charge on any atom is 0.335 e. The number of carboxylic acids is 1. The lowest BCUT2D eigenvalue weighted by atomic mass is 9.87. The van der Waals surface area contributed by atoms with Gasteiger partial charge in [0.1, 0.15) is 23.6 Å². The van der Waals surface area contributed by atoms with E-state index in [9.17, 15) is 19.1 Å². The highest BCUT2D eigenvalue weighted by Gasteiger charge is 2.40. The second-order valence-corrected chi connectivity index (χ2v) is 8.32. The van der Waals surface area contributed by atoms with Crippen molar-refractivity contribution < 1.29 is 23.8 Å². The zero-order valence-electron chi connectivity index (χ0n) is 17.5. The molecule has 0 bridgehead atoms. The third-order valence-electron chi connectivity index (χ3n) is 6.26. The quantitative estimate of drug-likeness (QED) is 0.594. The van der Waals surface area contributed by atoms with Gasteiger partial charge in [0, 0.05) is 12.6 Å². The number of aromatic carboxylic acids is 1. The standard InChI is InChI=1S/C26H22FNO4/c1-28-25(29)23-21-12-16(20-13-17(26(30)31)6-10-19(20)14-2-3-14)7-11-22(21)32-24(23)15-4-8-18(27)9-5-15/h4-14,23-24H,2-3H2,1H3,(H,28,29)(H,30,31). The first-order valence-corrected chi connectivity index (χ1v) is 10.6. The number of carbonyl (C=O) groups is 2. The molecule has 0 saturated heterocycles. The minimum Gasteiger partial charge on any atom is -0.484 e. The maximum absolute atomic E-state index is 13.4. The second kappa shape index (κ2) is 7.79. The molecule has 1 heterocycles. The number of fused-ring (bicyclic) bond motifs is 1. The highest BCUT2D eigenvalue weighted by molar-refractivity contribution is 5.91. The van der Waals surface area contributed by atoms with Crippen molar-refractivity contribution in [2.45, 2.75) is 30.8 Å². The average molecular weight is 431 g/mol. The van der Waals surface area contributed by atoms with Crippen LogP contribution in [0.4, 0.5) is 4.39 Å². The molecule has 3 aromatic carbocycles. The summed E-state index contributed by atoms with van der Waals surface area (Å²) in [6, 6.07) is 16.9. The number of amides is 1. The summed E-state index contributed by atoms with van der Waals surface area (Å²) in [5.74, 6) is -1.10. The lowest BCUT2D eigenvalue weighted by Gasteiger charge is -2.18. The molecule has 5 rings (SSSR count). The van der Waals surface area contributed by atoms with Gasteiger partial charge in [-0.25, -0.2) is 9.18 Å². The summed E-state index contributed by atoms with van der Waals surface area (Å²) in [5, 5.41) is 12.2. The minimum atomic E-state index is -0.974. The number of carbonyl (C=O) groups excluding carboxylic acids is 1. The van der Waals surface area contributed by atoms with Gasteiger partial charge in [0.05, 0.1) is 5.56 Å². The fourth-order valence-electron chi connectivity index (χ4n) is 4.47. The second-order valence-electron chi connectivity index (χ2n) is 8.32. The van der Waals surface area contributed by atoms with Crippen LogP contribution in [-0.2, 0) is 4.79 Å². The molecule has 1 aliphatic carbocycles. The monoisotopic (exact) mass is 431 g/mol. The van der Waals surface area contributed by atoms with E-state index < -0.39 is 18.0 Å². The number of ether oxygens (including phenoxy) is 1. The molecular weight excluding hydrogens is 409 g/mol. The number of hydrogen-bond acceptors (Lipinski definition) is 3. The molecule has 3 aromatic rings. The van der Waals surface area contributed by atoms with Crippen LogP contribution in [0.15, 0.2) is 60.7 Å². The van der Waals surface area contributed by atoms with Crippen LogP contribution in [0.1, 0.15) is 57.8 Å². The van der Waals surface area contributed by atoms with Crippen molar-refractivity contribution in [3.63, 3.8) is 0 Å². The predicted molar refractivity (Wildman–Crippen MR) is 117 cm³/mol. The number of benzene rings is 3. The van der Waals surface area contributed by atoms with Crippen LogP contribution in [-0.4, -0.2) is 24.0 Å². The lowest BCUT2D eigenvalue weighted by molar-refractivity contribution is -0.123. The molecule has 0 spiro atoms. The number of nitrogens with one attached hydrogen (secondary N) is 1. The Hall–Kier alpha value is -3.67. The van der Waals surface area contributed by atoms with E-state index in [0.29, 0.717) is 17.2 Å². The fourth-order valence-corrected chi connectivity index (χ4v) is 4.47. The van der Waals surface area contributed by atoms with E-state index in [0.717, 1.165) is 35.1 Å². The first kappa shape index (κ1) is 20.2. The third-order valence-corrected chi connectivity index (χ3v) is 6.26. The minimum absolute atomic E-state index is 0.197. The molecule has 5 nitrogen and oxygen atoms in total. The molecule has 1 aliphatic heterocycles. The van der Waals surface area contributed by atoms with E-state index in [2.05, 4.69) is 5.32 Å². The van der Waals surface area contributed by atoms with Crippen molar-refractivity contribution >= 4 is 11.9 Å². The van der Waals surface area contributed by atoms with Crippen LogP contribution in [0.2, 0.25) is 0 Å². The van der Waals surface area contributed by atoms with Gasteiger partial charge < -0.3 is 15.2 Å². The fraction of sp³-hybridized carbons (Fsp3) is 0.231. The molecule has 2 atom stereocenters. The Bertz CT molecular complexity index is 1220. The van der Waals surface area contributed by atoms with Crippen LogP contribution >= 0.6 is 0 Å².